The number of anilines is 2. The summed E-state index contributed by atoms with van der Waals surface area (Å²) < 4.78 is 1.16. The van der Waals surface area contributed by atoms with Crippen LogP contribution in [-0.2, 0) is 0 Å². The number of nitrogens with zero attached hydrogens (tertiary/aromatic N) is 1. The van der Waals surface area contributed by atoms with Crippen LogP contribution < -0.4 is 10.2 Å². The summed E-state index contributed by atoms with van der Waals surface area (Å²) in [6.45, 7) is 4.60. The molecule has 4 heteroatoms. The summed E-state index contributed by atoms with van der Waals surface area (Å²) >= 11 is 5.29. The van der Waals surface area contributed by atoms with Crippen LogP contribution >= 0.6 is 27.3 Å². The monoisotopic (exact) mass is 350 g/mol. The van der Waals surface area contributed by atoms with E-state index >= 15 is 0 Å². The van der Waals surface area contributed by atoms with Gasteiger partial charge in [-0.15, -0.1) is 11.3 Å². The maximum absolute atomic E-state index is 3.56. The van der Waals surface area contributed by atoms with Crippen molar-refractivity contribution in [1.29, 1.82) is 0 Å². The molecule has 2 aromatic rings. The van der Waals surface area contributed by atoms with Gasteiger partial charge in [0.15, 0.2) is 0 Å². The summed E-state index contributed by atoms with van der Waals surface area (Å²) in [6.07, 6.45) is 2.65. The van der Waals surface area contributed by atoms with Crippen molar-refractivity contribution in [2.45, 2.75) is 25.8 Å². The van der Waals surface area contributed by atoms with Crippen molar-refractivity contribution in [3.05, 3.63) is 45.1 Å². The highest BCUT2D eigenvalue weighted by atomic mass is 79.9. The molecule has 1 fully saturated rings. The van der Waals surface area contributed by atoms with Gasteiger partial charge in [-0.1, -0.05) is 0 Å². The first-order chi connectivity index (χ1) is 9.72. The predicted molar refractivity (Wildman–Crippen MR) is 91.9 cm³/mol. The van der Waals surface area contributed by atoms with E-state index in [-0.39, 0.29) is 0 Å². The Morgan fingerprint density at radius 2 is 1.90 bits per heavy atom. The van der Waals surface area contributed by atoms with E-state index in [2.05, 4.69) is 68.8 Å². The smallest absolute Gasteiger partial charge is 0.0578 e. The average Bonchev–Trinajstić information content (AvgIpc) is 3.10. The average molecular weight is 351 g/mol. The number of rotatable bonds is 4. The van der Waals surface area contributed by atoms with Gasteiger partial charge in [-0.25, -0.2) is 0 Å². The number of hydrogen-bond acceptors (Lipinski definition) is 3. The topological polar surface area (TPSA) is 15.3 Å². The molecule has 1 N–H and O–H groups in total. The minimum Gasteiger partial charge on any atom is -0.378 e. The molecule has 0 bridgehead atoms. The zero-order valence-corrected chi connectivity index (χ0v) is 14.0. The maximum atomic E-state index is 3.56. The van der Waals surface area contributed by atoms with Gasteiger partial charge in [0.25, 0.3) is 0 Å². The zero-order chi connectivity index (χ0) is 13.9. The van der Waals surface area contributed by atoms with Crippen molar-refractivity contribution >= 4 is 38.6 Å². The van der Waals surface area contributed by atoms with Crippen LogP contribution in [0.5, 0.6) is 0 Å². The number of nitrogens with one attached hydrogen (secondary N) is 1. The molecule has 0 spiro atoms. The number of halogens is 1. The molecule has 1 saturated heterocycles. The van der Waals surface area contributed by atoms with E-state index in [1.54, 1.807) is 11.3 Å². The lowest BCUT2D eigenvalue weighted by atomic mass is 10.2. The molecule has 3 rings (SSSR count). The molecule has 0 amide bonds. The Kier molecular flexibility index (Phi) is 4.32. The van der Waals surface area contributed by atoms with E-state index < -0.39 is 0 Å². The van der Waals surface area contributed by atoms with Gasteiger partial charge < -0.3 is 10.2 Å². The molecule has 2 heterocycles. The SMILES string of the molecule is CC(Nc1ccc(N2CCCC2)cc1)c1cc(Br)cs1. The summed E-state index contributed by atoms with van der Waals surface area (Å²) in [5, 5.41) is 5.69. The van der Waals surface area contributed by atoms with Crippen LogP contribution in [0.4, 0.5) is 11.4 Å². The molecule has 20 heavy (non-hydrogen) atoms. The molecular weight excluding hydrogens is 332 g/mol. The molecule has 1 aromatic carbocycles. The van der Waals surface area contributed by atoms with Crippen molar-refractivity contribution < 1.29 is 0 Å². The van der Waals surface area contributed by atoms with Crippen LogP contribution in [0.25, 0.3) is 0 Å². The highest BCUT2D eigenvalue weighted by Gasteiger charge is 2.12. The first kappa shape index (κ1) is 14.0. The summed E-state index contributed by atoms with van der Waals surface area (Å²) in [6, 6.07) is 11.3. The number of thiophene rings is 1. The first-order valence-corrected chi connectivity index (χ1v) is 8.75. The third-order valence-corrected chi connectivity index (χ3v) is 5.61. The van der Waals surface area contributed by atoms with Gasteiger partial charge in [0.05, 0.1) is 6.04 Å². The summed E-state index contributed by atoms with van der Waals surface area (Å²) in [5.74, 6) is 0. The minimum atomic E-state index is 0.337. The van der Waals surface area contributed by atoms with Crippen LogP contribution in [0.1, 0.15) is 30.7 Å². The second-order valence-electron chi connectivity index (χ2n) is 5.27. The summed E-state index contributed by atoms with van der Waals surface area (Å²) in [7, 11) is 0. The highest BCUT2D eigenvalue weighted by Crippen LogP contribution is 2.29. The van der Waals surface area contributed by atoms with E-state index in [0.717, 1.165) is 4.47 Å². The fourth-order valence-corrected chi connectivity index (χ4v) is 4.07. The van der Waals surface area contributed by atoms with Crippen LogP contribution in [0, 0.1) is 0 Å². The maximum Gasteiger partial charge on any atom is 0.0578 e. The van der Waals surface area contributed by atoms with E-state index in [1.807, 2.05) is 0 Å². The normalized spacial score (nSPS) is 16.4. The number of hydrogen-bond donors (Lipinski definition) is 1. The van der Waals surface area contributed by atoms with E-state index in [4.69, 9.17) is 0 Å². The Labute approximate surface area is 132 Å². The van der Waals surface area contributed by atoms with E-state index in [1.165, 1.54) is 42.2 Å². The molecule has 0 aliphatic carbocycles. The molecule has 0 saturated carbocycles. The molecule has 2 nitrogen and oxygen atoms in total. The third kappa shape index (κ3) is 3.18. The summed E-state index contributed by atoms with van der Waals surface area (Å²) in [5.41, 5.74) is 2.53. The van der Waals surface area contributed by atoms with Crippen molar-refractivity contribution in [3.8, 4) is 0 Å². The molecule has 1 atom stereocenters. The van der Waals surface area contributed by atoms with Crippen molar-refractivity contribution in [2.75, 3.05) is 23.3 Å². The zero-order valence-electron chi connectivity index (χ0n) is 11.6. The van der Waals surface area contributed by atoms with Gasteiger partial charge in [0.2, 0.25) is 0 Å². The molecule has 1 unspecified atom stereocenters. The fourth-order valence-electron chi connectivity index (χ4n) is 2.62. The Balaban J connectivity index is 1.65. The Morgan fingerprint density at radius 1 is 1.20 bits per heavy atom. The Bertz CT molecular complexity index is 558. The lowest BCUT2D eigenvalue weighted by molar-refractivity contribution is 0.907. The Morgan fingerprint density at radius 3 is 2.50 bits per heavy atom. The Hall–Kier alpha value is -1.000. The first-order valence-electron chi connectivity index (χ1n) is 7.08. The molecule has 0 radical (unpaired) electrons. The van der Waals surface area contributed by atoms with E-state index in [9.17, 15) is 0 Å². The van der Waals surface area contributed by atoms with Crippen molar-refractivity contribution in [1.82, 2.24) is 0 Å². The second kappa shape index (κ2) is 6.19. The van der Waals surface area contributed by atoms with Crippen LogP contribution in [0.3, 0.4) is 0 Å². The molecule has 106 valence electrons. The van der Waals surface area contributed by atoms with Crippen LogP contribution in [0.15, 0.2) is 40.2 Å². The quantitative estimate of drug-likeness (QED) is 0.806. The van der Waals surface area contributed by atoms with E-state index in [0.29, 0.717) is 6.04 Å². The van der Waals surface area contributed by atoms with Gasteiger partial charge in [-0.05, 0) is 66.0 Å². The van der Waals surface area contributed by atoms with Gasteiger partial charge >= 0.3 is 0 Å². The van der Waals surface area contributed by atoms with Crippen molar-refractivity contribution in [3.63, 3.8) is 0 Å². The lowest BCUT2D eigenvalue weighted by Gasteiger charge is -2.19. The third-order valence-electron chi connectivity index (χ3n) is 3.74. The molecule has 1 aliphatic rings. The number of benzene rings is 1. The summed E-state index contributed by atoms with van der Waals surface area (Å²) in [4.78, 5) is 3.81. The van der Waals surface area contributed by atoms with Gasteiger partial charge in [0, 0.05) is 39.2 Å². The van der Waals surface area contributed by atoms with Crippen LogP contribution in [-0.4, -0.2) is 13.1 Å². The van der Waals surface area contributed by atoms with Crippen molar-refractivity contribution in [2.24, 2.45) is 0 Å². The van der Waals surface area contributed by atoms with Gasteiger partial charge in [-0.3, -0.25) is 0 Å². The highest BCUT2D eigenvalue weighted by molar-refractivity contribution is 9.10. The van der Waals surface area contributed by atoms with Crippen LogP contribution in [0.2, 0.25) is 0 Å². The standard InChI is InChI=1S/C16H19BrN2S/c1-12(16-10-13(17)11-20-16)18-14-4-6-15(7-5-14)19-8-2-3-9-19/h4-7,10-12,18H,2-3,8-9H2,1H3. The van der Waals surface area contributed by atoms with Gasteiger partial charge in [-0.2, -0.15) is 0 Å². The van der Waals surface area contributed by atoms with Gasteiger partial charge in [0.1, 0.15) is 0 Å². The predicted octanol–water partition coefficient (Wildman–Crippen LogP) is 5.28. The fraction of sp³-hybridized carbons (Fsp3) is 0.375. The molecule has 1 aliphatic heterocycles. The molecular formula is C16H19BrN2S. The second-order valence-corrected chi connectivity index (χ2v) is 7.13. The molecule has 1 aromatic heterocycles. The largest absolute Gasteiger partial charge is 0.378 e. The lowest BCUT2D eigenvalue weighted by Crippen LogP contribution is -2.17. The minimum absolute atomic E-state index is 0.337.